The second-order valence-corrected chi connectivity index (χ2v) is 7.41. The number of halogens is 2. The Bertz CT molecular complexity index is 848. The maximum absolute atomic E-state index is 12.6. The molecule has 0 aliphatic carbocycles. The topological polar surface area (TPSA) is 62.3 Å². The van der Waals surface area contributed by atoms with E-state index in [0.717, 1.165) is 6.42 Å². The third kappa shape index (κ3) is 5.28. The summed E-state index contributed by atoms with van der Waals surface area (Å²) in [4.78, 5) is 30.3. The predicted octanol–water partition coefficient (Wildman–Crippen LogP) is 3.49. The van der Waals surface area contributed by atoms with E-state index in [-0.39, 0.29) is 28.3 Å². The van der Waals surface area contributed by atoms with Crippen LogP contribution in [0.1, 0.15) is 34.3 Å². The number of hydrogen-bond donors (Lipinski definition) is 1. The van der Waals surface area contributed by atoms with Gasteiger partial charge in [0.05, 0.1) is 5.56 Å². The summed E-state index contributed by atoms with van der Waals surface area (Å²) in [5.74, 6) is -3.05. The van der Waals surface area contributed by atoms with E-state index in [0.29, 0.717) is 32.5 Å². The van der Waals surface area contributed by atoms with Gasteiger partial charge >= 0.3 is 0 Å². The Morgan fingerprint density at radius 1 is 1.18 bits per heavy atom. The average Bonchev–Trinajstić information content (AvgIpc) is 2.70. The molecule has 0 bridgehead atoms. The molecule has 0 saturated heterocycles. The fourth-order valence-electron chi connectivity index (χ4n) is 3.15. The molecule has 3 rings (SSSR count). The summed E-state index contributed by atoms with van der Waals surface area (Å²) in [7, 11) is 0. The van der Waals surface area contributed by atoms with E-state index in [1.807, 2.05) is 23.1 Å². The van der Waals surface area contributed by atoms with Gasteiger partial charge in [-0.2, -0.15) is 8.78 Å². The third-order valence-electron chi connectivity index (χ3n) is 4.55. The minimum atomic E-state index is -2.64. The van der Waals surface area contributed by atoms with Crippen molar-refractivity contribution in [3.05, 3.63) is 59.3 Å². The molecule has 2 amide bonds. The van der Waals surface area contributed by atoms with Crippen LogP contribution in [0.25, 0.3) is 0 Å². The first-order valence-electron chi connectivity index (χ1n) is 9.07. The number of carbonyl (C=O) groups excluding carboxylic acids is 2. The van der Waals surface area contributed by atoms with Gasteiger partial charge in [-0.15, -0.1) is 0 Å². The average molecular weight is 405 g/mol. The Kier molecular flexibility index (Phi) is 6.97. The lowest BCUT2D eigenvalue weighted by molar-refractivity contribution is -0.132. The van der Waals surface area contributed by atoms with E-state index >= 15 is 0 Å². The van der Waals surface area contributed by atoms with Gasteiger partial charge in [-0.05, 0) is 47.9 Å². The van der Waals surface area contributed by atoms with E-state index in [9.17, 15) is 18.4 Å². The van der Waals surface area contributed by atoms with Crippen molar-refractivity contribution in [2.45, 2.75) is 36.6 Å². The van der Waals surface area contributed by atoms with Gasteiger partial charge in [0.25, 0.3) is 11.7 Å². The van der Waals surface area contributed by atoms with Crippen LogP contribution in [-0.2, 0) is 17.8 Å². The Hall–Kier alpha value is -2.48. The number of amides is 2. The standard InChI is InChI=1S/C20H21F2N3O2S/c21-20(22)28-19-16(7-3-11-24-19)18(27)23-10-4-8-17(26)25-12-9-14-5-1-2-6-15(14)13-25/h1-3,5-7,11,20H,4,8-10,12-13H2,(H,23,27). The summed E-state index contributed by atoms with van der Waals surface area (Å²) in [5, 5.41) is 2.68. The molecule has 0 spiro atoms. The largest absolute Gasteiger partial charge is 0.352 e. The van der Waals surface area contributed by atoms with Crippen LogP contribution >= 0.6 is 11.8 Å². The van der Waals surface area contributed by atoms with Gasteiger partial charge in [0, 0.05) is 32.3 Å². The summed E-state index contributed by atoms with van der Waals surface area (Å²) >= 11 is 0.245. The Balaban J connectivity index is 1.45. The van der Waals surface area contributed by atoms with Crippen LogP contribution in [-0.4, -0.2) is 40.5 Å². The van der Waals surface area contributed by atoms with Crippen molar-refractivity contribution < 1.29 is 18.4 Å². The lowest BCUT2D eigenvalue weighted by Gasteiger charge is -2.29. The van der Waals surface area contributed by atoms with Crippen LogP contribution in [0.2, 0.25) is 0 Å². The number of aromatic nitrogens is 1. The molecule has 2 heterocycles. The van der Waals surface area contributed by atoms with Crippen LogP contribution in [0.3, 0.4) is 0 Å². The molecule has 28 heavy (non-hydrogen) atoms. The van der Waals surface area contributed by atoms with Crippen molar-refractivity contribution in [1.29, 1.82) is 0 Å². The first kappa shape index (κ1) is 20.3. The highest BCUT2D eigenvalue weighted by molar-refractivity contribution is 7.99. The van der Waals surface area contributed by atoms with Crippen LogP contribution < -0.4 is 5.32 Å². The van der Waals surface area contributed by atoms with Crippen LogP contribution in [0.15, 0.2) is 47.6 Å². The van der Waals surface area contributed by atoms with Crippen molar-refractivity contribution in [3.63, 3.8) is 0 Å². The molecule has 8 heteroatoms. The van der Waals surface area contributed by atoms with Gasteiger partial charge in [-0.1, -0.05) is 24.3 Å². The molecule has 148 valence electrons. The quantitative estimate of drug-likeness (QED) is 0.566. The molecule has 0 fully saturated rings. The molecule has 1 aromatic heterocycles. The molecule has 1 aliphatic rings. The number of carbonyl (C=O) groups is 2. The van der Waals surface area contributed by atoms with Gasteiger partial charge in [0.2, 0.25) is 5.91 Å². The highest BCUT2D eigenvalue weighted by atomic mass is 32.2. The van der Waals surface area contributed by atoms with Crippen LogP contribution in [0.5, 0.6) is 0 Å². The Labute approximate surface area is 166 Å². The number of nitrogens with zero attached hydrogens (tertiary/aromatic N) is 2. The van der Waals surface area contributed by atoms with Crippen molar-refractivity contribution in [2.75, 3.05) is 13.1 Å². The number of rotatable bonds is 7. The van der Waals surface area contributed by atoms with Gasteiger partial charge in [-0.25, -0.2) is 4.98 Å². The highest BCUT2D eigenvalue weighted by Gasteiger charge is 2.20. The fraction of sp³-hybridized carbons (Fsp3) is 0.350. The zero-order valence-corrected chi connectivity index (χ0v) is 16.1. The van der Waals surface area contributed by atoms with Crippen molar-refractivity contribution in [1.82, 2.24) is 15.2 Å². The van der Waals surface area contributed by atoms with Crippen molar-refractivity contribution in [2.24, 2.45) is 0 Å². The van der Waals surface area contributed by atoms with E-state index < -0.39 is 11.7 Å². The first-order valence-corrected chi connectivity index (χ1v) is 9.95. The zero-order valence-electron chi connectivity index (χ0n) is 15.2. The predicted molar refractivity (Wildman–Crippen MR) is 103 cm³/mol. The van der Waals surface area contributed by atoms with Gasteiger partial charge in [-0.3, -0.25) is 9.59 Å². The number of pyridine rings is 1. The monoisotopic (exact) mass is 405 g/mol. The molecule has 0 saturated carbocycles. The SMILES string of the molecule is O=C(NCCCC(=O)N1CCc2ccccc2C1)c1cccnc1SC(F)F. The first-order chi connectivity index (χ1) is 13.5. The number of thioether (sulfide) groups is 1. The second kappa shape index (κ2) is 9.64. The summed E-state index contributed by atoms with van der Waals surface area (Å²) in [5.41, 5.74) is 2.58. The summed E-state index contributed by atoms with van der Waals surface area (Å²) in [6.07, 6.45) is 3.04. The lowest BCUT2D eigenvalue weighted by Crippen LogP contribution is -2.36. The molecular formula is C20H21F2N3O2S. The molecule has 2 aromatic rings. The van der Waals surface area contributed by atoms with E-state index in [1.54, 1.807) is 0 Å². The Morgan fingerprint density at radius 3 is 2.75 bits per heavy atom. The van der Waals surface area contributed by atoms with Gasteiger partial charge in [0.1, 0.15) is 5.03 Å². The Morgan fingerprint density at radius 2 is 1.96 bits per heavy atom. The molecule has 1 aliphatic heterocycles. The van der Waals surface area contributed by atoms with Crippen molar-refractivity contribution in [3.8, 4) is 0 Å². The molecule has 0 radical (unpaired) electrons. The number of fused-ring (bicyclic) bond motifs is 1. The van der Waals surface area contributed by atoms with Gasteiger partial charge < -0.3 is 10.2 Å². The summed E-state index contributed by atoms with van der Waals surface area (Å²) in [6.45, 7) is 1.61. The lowest BCUT2D eigenvalue weighted by atomic mass is 9.99. The smallest absolute Gasteiger partial charge is 0.290 e. The third-order valence-corrected chi connectivity index (χ3v) is 5.28. The molecular weight excluding hydrogens is 384 g/mol. The molecule has 1 N–H and O–H groups in total. The maximum atomic E-state index is 12.6. The summed E-state index contributed by atoms with van der Waals surface area (Å²) < 4.78 is 25.2. The molecule has 0 unspecified atom stereocenters. The minimum Gasteiger partial charge on any atom is -0.352 e. The molecule has 0 atom stereocenters. The van der Waals surface area contributed by atoms with Gasteiger partial charge in [0.15, 0.2) is 0 Å². The van der Waals surface area contributed by atoms with E-state index in [2.05, 4.69) is 16.4 Å². The number of nitrogens with one attached hydrogen (secondary N) is 1. The van der Waals surface area contributed by atoms with Crippen molar-refractivity contribution >= 4 is 23.6 Å². The highest BCUT2D eigenvalue weighted by Crippen LogP contribution is 2.26. The normalized spacial score (nSPS) is 13.3. The number of alkyl halides is 2. The summed E-state index contributed by atoms with van der Waals surface area (Å²) in [6, 6.07) is 11.1. The van der Waals surface area contributed by atoms with Crippen LogP contribution in [0, 0.1) is 0 Å². The number of benzene rings is 1. The van der Waals surface area contributed by atoms with E-state index in [1.165, 1.54) is 29.5 Å². The fourth-order valence-corrected chi connectivity index (χ4v) is 3.72. The van der Waals surface area contributed by atoms with Crippen LogP contribution in [0.4, 0.5) is 8.78 Å². The minimum absolute atomic E-state index is 0.00180. The van der Waals surface area contributed by atoms with E-state index in [4.69, 9.17) is 0 Å². The number of hydrogen-bond acceptors (Lipinski definition) is 4. The molecule has 5 nitrogen and oxygen atoms in total. The zero-order chi connectivity index (χ0) is 19.9. The second-order valence-electron chi connectivity index (χ2n) is 6.43. The maximum Gasteiger partial charge on any atom is 0.290 e. The molecule has 1 aromatic carbocycles.